The summed E-state index contributed by atoms with van der Waals surface area (Å²) in [5.74, 6) is 0.130. The third-order valence-corrected chi connectivity index (χ3v) is 3.38. The second-order valence-electron chi connectivity index (χ2n) is 4.78. The molecule has 0 aliphatic heterocycles. The molecule has 0 bridgehead atoms. The van der Waals surface area contributed by atoms with Gasteiger partial charge in [-0.25, -0.2) is 0 Å². The lowest BCUT2D eigenvalue weighted by Gasteiger charge is -2.15. The van der Waals surface area contributed by atoms with Crippen molar-refractivity contribution < 1.29 is 23.8 Å². The van der Waals surface area contributed by atoms with Gasteiger partial charge in [-0.15, -0.1) is 0 Å². The van der Waals surface area contributed by atoms with Crippen molar-refractivity contribution in [2.24, 2.45) is 5.73 Å². The summed E-state index contributed by atoms with van der Waals surface area (Å²) in [7, 11) is 4.40. The normalized spacial score (nSPS) is 9.96. The fourth-order valence-corrected chi connectivity index (χ4v) is 2.20. The number of primary amides is 1. The van der Waals surface area contributed by atoms with Gasteiger partial charge in [-0.05, 0) is 36.4 Å². The van der Waals surface area contributed by atoms with E-state index in [0.29, 0.717) is 22.7 Å². The standard InChI is InChI=1S/C17H18N2O5/c1-22-13-9-8-12(14(23-2)15(13)24-3)17(21)19-11-6-4-10(5-7-11)16(18)20/h4-9H,1-3H3,(H2,18,20)(H,19,21). The molecule has 0 saturated heterocycles. The molecule has 0 unspecified atom stereocenters. The van der Waals surface area contributed by atoms with Gasteiger partial charge in [-0.3, -0.25) is 9.59 Å². The fourth-order valence-electron chi connectivity index (χ4n) is 2.20. The minimum Gasteiger partial charge on any atom is -0.493 e. The van der Waals surface area contributed by atoms with E-state index in [1.54, 1.807) is 24.3 Å². The Morgan fingerprint density at radius 1 is 0.875 bits per heavy atom. The quantitative estimate of drug-likeness (QED) is 0.844. The topological polar surface area (TPSA) is 99.9 Å². The second kappa shape index (κ2) is 7.36. The monoisotopic (exact) mass is 330 g/mol. The molecular weight excluding hydrogens is 312 g/mol. The molecule has 24 heavy (non-hydrogen) atoms. The molecule has 0 aromatic heterocycles. The molecule has 0 atom stereocenters. The third-order valence-electron chi connectivity index (χ3n) is 3.38. The highest BCUT2D eigenvalue weighted by Gasteiger charge is 2.20. The van der Waals surface area contributed by atoms with Crippen molar-refractivity contribution in [3.8, 4) is 17.2 Å². The van der Waals surface area contributed by atoms with Crippen molar-refractivity contribution in [3.05, 3.63) is 47.5 Å². The van der Waals surface area contributed by atoms with Crippen LogP contribution in [-0.2, 0) is 0 Å². The number of nitrogens with two attached hydrogens (primary N) is 1. The predicted octanol–water partition coefficient (Wildman–Crippen LogP) is 2.06. The number of benzene rings is 2. The number of amides is 2. The van der Waals surface area contributed by atoms with E-state index in [1.807, 2.05) is 0 Å². The maximum Gasteiger partial charge on any atom is 0.259 e. The lowest BCUT2D eigenvalue weighted by atomic mass is 10.1. The van der Waals surface area contributed by atoms with Crippen molar-refractivity contribution in [2.45, 2.75) is 0 Å². The molecule has 0 saturated carbocycles. The van der Waals surface area contributed by atoms with Crippen LogP contribution in [0, 0.1) is 0 Å². The van der Waals surface area contributed by atoms with Crippen LogP contribution < -0.4 is 25.3 Å². The Morgan fingerprint density at radius 2 is 1.50 bits per heavy atom. The van der Waals surface area contributed by atoms with Crippen LogP contribution in [0.2, 0.25) is 0 Å². The van der Waals surface area contributed by atoms with Gasteiger partial charge in [0.15, 0.2) is 11.5 Å². The van der Waals surface area contributed by atoms with Gasteiger partial charge in [0, 0.05) is 11.3 Å². The number of nitrogens with one attached hydrogen (secondary N) is 1. The number of carbonyl (C=O) groups excluding carboxylic acids is 2. The number of hydrogen-bond donors (Lipinski definition) is 2. The van der Waals surface area contributed by atoms with E-state index in [-0.39, 0.29) is 17.2 Å². The van der Waals surface area contributed by atoms with Crippen molar-refractivity contribution >= 4 is 17.5 Å². The zero-order valence-corrected chi connectivity index (χ0v) is 13.6. The largest absolute Gasteiger partial charge is 0.493 e. The maximum atomic E-state index is 12.5. The van der Waals surface area contributed by atoms with Crippen LogP contribution in [0.25, 0.3) is 0 Å². The van der Waals surface area contributed by atoms with E-state index in [1.165, 1.54) is 33.5 Å². The Kier molecular flexibility index (Phi) is 5.26. The molecule has 126 valence electrons. The van der Waals surface area contributed by atoms with E-state index in [4.69, 9.17) is 19.9 Å². The van der Waals surface area contributed by atoms with Crippen LogP contribution in [0.3, 0.4) is 0 Å². The van der Waals surface area contributed by atoms with E-state index in [2.05, 4.69) is 5.32 Å². The highest BCUT2D eigenvalue weighted by Crippen LogP contribution is 2.39. The molecule has 3 N–H and O–H groups in total. The van der Waals surface area contributed by atoms with Crippen LogP contribution >= 0.6 is 0 Å². The molecule has 0 radical (unpaired) electrons. The number of ether oxygens (including phenoxy) is 3. The van der Waals surface area contributed by atoms with Crippen molar-refractivity contribution in [1.82, 2.24) is 0 Å². The van der Waals surface area contributed by atoms with Crippen LogP contribution in [0.5, 0.6) is 17.2 Å². The van der Waals surface area contributed by atoms with Crippen LogP contribution in [0.15, 0.2) is 36.4 Å². The van der Waals surface area contributed by atoms with Crippen LogP contribution in [-0.4, -0.2) is 33.1 Å². The summed E-state index contributed by atoms with van der Waals surface area (Å²) >= 11 is 0. The average molecular weight is 330 g/mol. The molecule has 0 spiro atoms. The molecular formula is C17H18N2O5. The number of rotatable bonds is 6. The summed E-state index contributed by atoms with van der Waals surface area (Å²) in [5, 5.41) is 2.72. The molecule has 0 aliphatic rings. The number of methoxy groups -OCH3 is 3. The molecule has 2 aromatic carbocycles. The summed E-state index contributed by atoms with van der Waals surface area (Å²) in [6.45, 7) is 0. The summed E-state index contributed by atoms with van der Waals surface area (Å²) in [6, 6.07) is 9.43. The van der Waals surface area contributed by atoms with Gasteiger partial charge in [0.25, 0.3) is 5.91 Å². The zero-order chi connectivity index (χ0) is 17.7. The molecule has 2 aromatic rings. The SMILES string of the molecule is COc1ccc(C(=O)Nc2ccc(C(N)=O)cc2)c(OC)c1OC. The van der Waals surface area contributed by atoms with E-state index in [9.17, 15) is 9.59 Å². The number of anilines is 1. The van der Waals surface area contributed by atoms with E-state index >= 15 is 0 Å². The third kappa shape index (κ3) is 3.40. The molecule has 7 nitrogen and oxygen atoms in total. The van der Waals surface area contributed by atoms with Crippen molar-refractivity contribution in [1.29, 1.82) is 0 Å². The number of hydrogen-bond acceptors (Lipinski definition) is 5. The van der Waals surface area contributed by atoms with Gasteiger partial charge in [-0.1, -0.05) is 0 Å². The summed E-state index contributed by atoms with van der Waals surface area (Å²) in [6.07, 6.45) is 0. The molecule has 0 aliphatic carbocycles. The second-order valence-corrected chi connectivity index (χ2v) is 4.78. The first-order valence-corrected chi connectivity index (χ1v) is 7.02. The fraction of sp³-hybridized carbons (Fsp3) is 0.176. The lowest BCUT2D eigenvalue weighted by molar-refractivity contribution is 0.0998. The van der Waals surface area contributed by atoms with Crippen molar-refractivity contribution in [3.63, 3.8) is 0 Å². The van der Waals surface area contributed by atoms with Gasteiger partial charge >= 0.3 is 0 Å². The smallest absolute Gasteiger partial charge is 0.259 e. The molecule has 2 amide bonds. The van der Waals surface area contributed by atoms with Gasteiger partial charge < -0.3 is 25.3 Å². The predicted molar refractivity (Wildman–Crippen MR) is 89.0 cm³/mol. The van der Waals surface area contributed by atoms with E-state index in [0.717, 1.165) is 0 Å². The zero-order valence-electron chi connectivity index (χ0n) is 13.6. The first-order valence-electron chi connectivity index (χ1n) is 7.02. The maximum absolute atomic E-state index is 12.5. The van der Waals surface area contributed by atoms with E-state index < -0.39 is 5.91 Å². The van der Waals surface area contributed by atoms with Crippen molar-refractivity contribution in [2.75, 3.05) is 26.6 Å². The van der Waals surface area contributed by atoms with Gasteiger partial charge in [0.1, 0.15) is 0 Å². The van der Waals surface area contributed by atoms with Gasteiger partial charge in [-0.2, -0.15) is 0 Å². The summed E-state index contributed by atoms with van der Waals surface area (Å²) < 4.78 is 15.7. The Labute approximate surface area is 139 Å². The highest BCUT2D eigenvalue weighted by atomic mass is 16.5. The van der Waals surface area contributed by atoms with Crippen LogP contribution in [0.1, 0.15) is 20.7 Å². The minimum atomic E-state index is -0.533. The van der Waals surface area contributed by atoms with Gasteiger partial charge in [0.2, 0.25) is 11.7 Å². The first-order chi connectivity index (χ1) is 11.5. The summed E-state index contributed by atoms with van der Waals surface area (Å²) in [5.41, 5.74) is 6.34. The Morgan fingerprint density at radius 3 is 2.00 bits per heavy atom. The Balaban J connectivity index is 2.31. The summed E-state index contributed by atoms with van der Waals surface area (Å²) in [4.78, 5) is 23.6. The first kappa shape index (κ1) is 17.1. The lowest BCUT2D eigenvalue weighted by Crippen LogP contribution is -2.14. The minimum absolute atomic E-state index is 0.267. The molecule has 7 heteroatoms. The average Bonchev–Trinajstić information content (AvgIpc) is 2.60. The molecule has 2 rings (SSSR count). The van der Waals surface area contributed by atoms with Gasteiger partial charge in [0.05, 0.1) is 26.9 Å². The Bertz CT molecular complexity index is 756. The molecule has 0 fully saturated rings. The number of carbonyl (C=O) groups is 2. The van der Waals surface area contributed by atoms with Crippen LogP contribution in [0.4, 0.5) is 5.69 Å². The molecule has 0 heterocycles. The Hall–Kier alpha value is -3.22. The highest BCUT2D eigenvalue weighted by molar-refractivity contribution is 6.07.